The van der Waals surface area contributed by atoms with Crippen LogP contribution >= 0.6 is 0 Å². The highest BCUT2D eigenvalue weighted by Gasteiger charge is 2.22. The number of ether oxygens (including phenoxy) is 3. The minimum atomic E-state index is -0.0892. The van der Waals surface area contributed by atoms with Gasteiger partial charge in [0.25, 0.3) is 0 Å². The summed E-state index contributed by atoms with van der Waals surface area (Å²) in [5.74, 6) is 2.29. The number of amides is 2. The molecular formula is C21H25N3O4. The minimum Gasteiger partial charge on any atom is -0.496 e. The van der Waals surface area contributed by atoms with E-state index in [1.807, 2.05) is 41.3 Å². The third-order valence-electron chi connectivity index (χ3n) is 5.04. The third-order valence-corrected chi connectivity index (χ3v) is 5.04. The second-order valence-corrected chi connectivity index (χ2v) is 6.86. The van der Waals surface area contributed by atoms with E-state index in [0.717, 1.165) is 25.4 Å². The van der Waals surface area contributed by atoms with Crippen LogP contribution in [0.2, 0.25) is 0 Å². The van der Waals surface area contributed by atoms with Crippen molar-refractivity contribution >= 4 is 11.7 Å². The predicted molar refractivity (Wildman–Crippen MR) is 106 cm³/mol. The number of benzene rings is 2. The SMILES string of the molecule is COc1ccccc1CN1CCN(C(=O)Nc2ccc3c(c2)OCCO3)CC1. The van der Waals surface area contributed by atoms with E-state index >= 15 is 0 Å². The molecule has 4 rings (SSSR count). The first kappa shape index (κ1) is 18.4. The number of urea groups is 1. The lowest BCUT2D eigenvalue weighted by Gasteiger charge is -2.35. The molecule has 0 aromatic heterocycles. The average molecular weight is 383 g/mol. The number of para-hydroxylation sites is 1. The van der Waals surface area contributed by atoms with Gasteiger partial charge in [-0.05, 0) is 18.2 Å². The normalized spacial score (nSPS) is 16.5. The fraction of sp³-hybridized carbons (Fsp3) is 0.381. The van der Waals surface area contributed by atoms with E-state index in [1.54, 1.807) is 7.11 Å². The molecule has 2 aromatic carbocycles. The van der Waals surface area contributed by atoms with E-state index in [-0.39, 0.29) is 6.03 Å². The first-order valence-electron chi connectivity index (χ1n) is 9.53. The number of fused-ring (bicyclic) bond motifs is 1. The van der Waals surface area contributed by atoms with Crippen molar-refractivity contribution in [1.82, 2.24) is 9.80 Å². The van der Waals surface area contributed by atoms with Crippen LogP contribution in [0.3, 0.4) is 0 Å². The molecule has 7 heteroatoms. The largest absolute Gasteiger partial charge is 0.496 e. The molecule has 0 atom stereocenters. The molecule has 2 aromatic rings. The van der Waals surface area contributed by atoms with Gasteiger partial charge in [0.15, 0.2) is 11.5 Å². The summed E-state index contributed by atoms with van der Waals surface area (Å²) in [4.78, 5) is 16.8. The van der Waals surface area contributed by atoms with Crippen molar-refractivity contribution < 1.29 is 19.0 Å². The first-order valence-corrected chi connectivity index (χ1v) is 9.53. The van der Waals surface area contributed by atoms with E-state index in [1.165, 1.54) is 5.56 Å². The van der Waals surface area contributed by atoms with Crippen LogP contribution < -0.4 is 19.5 Å². The van der Waals surface area contributed by atoms with Crippen molar-refractivity contribution in [1.29, 1.82) is 0 Å². The summed E-state index contributed by atoms with van der Waals surface area (Å²) >= 11 is 0. The number of hydrogen-bond acceptors (Lipinski definition) is 5. The van der Waals surface area contributed by atoms with Crippen molar-refractivity contribution in [2.75, 3.05) is 51.8 Å². The van der Waals surface area contributed by atoms with Gasteiger partial charge < -0.3 is 24.4 Å². The fourth-order valence-corrected chi connectivity index (χ4v) is 3.51. The lowest BCUT2D eigenvalue weighted by molar-refractivity contribution is 0.142. The Kier molecular flexibility index (Phi) is 5.53. The minimum absolute atomic E-state index is 0.0892. The lowest BCUT2D eigenvalue weighted by atomic mass is 10.1. The van der Waals surface area contributed by atoms with Gasteiger partial charge in [0.1, 0.15) is 19.0 Å². The molecular weight excluding hydrogens is 358 g/mol. The van der Waals surface area contributed by atoms with Gasteiger partial charge >= 0.3 is 6.03 Å². The van der Waals surface area contributed by atoms with E-state index in [0.29, 0.717) is 43.5 Å². The van der Waals surface area contributed by atoms with Gasteiger partial charge in [0.05, 0.1) is 7.11 Å². The zero-order valence-corrected chi connectivity index (χ0v) is 16.0. The van der Waals surface area contributed by atoms with Gasteiger partial charge in [0, 0.05) is 50.0 Å². The number of hydrogen-bond donors (Lipinski definition) is 1. The molecule has 2 aliphatic heterocycles. The van der Waals surface area contributed by atoms with Gasteiger partial charge in [-0.25, -0.2) is 4.79 Å². The molecule has 1 saturated heterocycles. The second kappa shape index (κ2) is 8.39. The van der Waals surface area contributed by atoms with Gasteiger partial charge in [0.2, 0.25) is 0 Å². The summed E-state index contributed by atoms with van der Waals surface area (Å²) in [6, 6.07) is 13.4. The first-order chi connectivity index (χ1) is 13.7. The predicted octanol–water partition coefficient (Wildman–Crippen LogP) is 2.82. The molecule has 0 bridgehead atoms. The number of rotatable bonds is 4. The Morgan fingerprint density at radius 1 is 1.04 bits per heavy atom. The number of carbonyl (C=O) groups excluding carboxylic acids is 1. The summed E-state index contributed by atoms with van der Waals surface area (Å²) in [5, 5.41) is 2.96. The smallest absolute Gasteiger partial charge is 0.321 e. The van der Waals surface area contributed by atoms with Gasteiger partial charge in [-0.3, -0.25) is 4.90 Å². The molecule has 2 heterocycles. The summed E-state index contributed by atoms with van der Waals surface area (Å²) in [5.41, 5.74) is 1.88. The van der Waals surface area contributed by atoms with Crippen LogP contribution in [0.5, 0.6) is 17.2 Å². The highest BCUT2D eigenvalue weighted by atomic mass is 16.6. The van der Waals surface area contributed by atoms with Crippen LogP contribution in [-0.4, -0.2) is 62.3 Å². The number of nitrogens with zero attached hydrogens (tertiary/aromatic N) is 2. The highest BCUT2D eigenvalue weighted by Crippen LogP contribution is 2.32. The zero-order chi connectivity index (χ0) is 19.3. The summed E-state index contributed by atoms with van der Waals surface area (Å²) in [6.07, 6.45) is 0. The number of carbonyl (C=O) groups is 1. The van der Waals surface area contributed by atoms with Gasteiger partial charge in [-0.1, -0.05) is 18.2 Å². The Morgan fingerprint density at radius 3 is 2.57 bits per heavy atom. The van der Waals surface area contributed by atoms with Crippen molar-refractivity contribution in [2.45, 2.75) is 6.54 Å². The molecule has 7 nitrogen and oxygen atoms in total. The van der Waals surface area contributed by atoms with Crippen molar-refractivity contribution in [3.63, 3.8) is 0 Å². The standard InChI is InChI=1S/C21H25N3O4/c1-26-18-5-3-2-4-16(18)15-23-8-10-24(11-9-23)21(25)22-17-6-7-19-20(14-17)28-13-12-27-19/h2-7,14H,8-13,15H2,1H3,(H,22,25). The molecule has 0 radical (unpaired) electrons. The summed E-state index contributed by atoms with van der Waals surface area (Å²) in [6.45, 7) is 4.92. The number of methoxy groups -OCH3 is 1. The van der Waals surface area contributed by atoms with Crippen LogP contribution in [0.4, 0.5) is 10.5 Å². The van der Waals surface area contributed by atoms with E-state index in [9.17, 15) is 4.79 Å². The molecule has 148 valence electrons. The van der Waals surface area contributed by atoms with E-state index in [4.69, 9.17) is 14.2 Å². The van der Waals surface area contributed by atoms with Crippen molar-refractivity contribution in [3.05, 3.63) is 48.0 Å². The fourth-order valence-electron chi connectivity index (χ4n) is 3.51. The van der Waals surface area contributed by atoms with Crippen LogP contribution in [0.1, 0.15) is 5.56 Å². The van der Waals surface area contributed by atoms with Crippen LogP contribution in [-0.2, 0) is 6.54 Å². The summed E-state index contributed by atoms with van der Waals surface area (Å²) in [7, 11) is 1.69. The molecule has 2 aliphatic rings. The molecule has 28 heavy (non-hydrogen) atoms. The van der Waals surface area contributed by atoms with Crippen LogP contribution in [0, 0.1) is 0 Å². The number of anilines is 1. The Morgan fingerprint density at radius 2 is 1.79 bits per heavy atom. The third kappa shape index (κ3) is 4.14. The Hall–Kier alpha value is -2.93. The molecule has 1 N–H and O–H groups in total. The van der Waals surface area contributed by atoms with E-state index < -0.39 is 0 Å². The molecule has 1 fully saturated rings. The number of nitrogens with one attached hydrogen (secondary N) is 1. The maximum Gasteiger partial charge on any atom is 0.321 e. The maximum absolute atomic E-state index is 12.6. The van der Waals surface area contributed by atoms with Crippen molar-refractivity contribution in [3.8, 4) is 17.2 Å². The molecule has 0 unspecified atom stereocenters. The number of piperazine rings is 1. The zero-order valence-electron chi connectivity index (χ0n) is 16.0. The van der Waals surface area contributed by atoms with Crippen molar-refractivity contribution in [2.24, 2.45) is 0 Å². The maximum atomic E-state index is 12.6. The van der Waals surface area contributed by atoms with Crippen LogP contribution in [0.15, 0.2) is 42.5 Å². The molecule has 2 amide bonds. The second-order valence-electron chi connectivity index (χ2n) is 6.86. The quantitative estimate of drug-likeness (QED) is 0.880. The molecule has 0 saturated carbocycles. The van der Waals surface area contributed by atoms with E-state index in [2.05, 4.69) is 16.3 Å². The monoisotopic (exact) mass is 383 g/mol. The van der Waals surface area contributed by atoms with Crippen LogP contribution in [0.25, 0.3) is 0 Å². The summed E-state index contributed by atoms with van der Waals surface area (Å²) < 4.78 is 16.5. The Bertz CT molecular complexity index is 834. The molecule has 0 aliphatic carbocycles. The highest BCUT2D eigenvalue weighted by molar-refractivity contribution is 5.89. The Balaban J connectivity index is 1.30. The van der Waals surface area contributed by atoms with Gasteiger partial charge in [-0.15, -0.1) is 0 Å². The average Bonchev–Trinajstić information content (AvgIpc) is 2.74. The topological polar surface area (TPSA) is 63.3 Å². The lowest BCUT2D eigenvalue weighted by Crippen LogP contribution is -2.49. The van der Waals surface area contributed by atoms with Gasteiger partial charge in [-0.2, -0.15) is 0 Å². The molecule has 0 spiro atoms. The Labute approximate surface area is 164 Å².